The Morgan fingerprint density at radius 3 is 2.65 bits per heavy atom. The highest BCUT2D eigenvalue weighted by molar-refractivity contribution is 7.91. The van der Waals surface area contributed by atoms with E-state index in [1.807, 2.05) is 0 Å². The van der Waals surface area contributed by atoms with Gasteiger partial charge in [-0.3, -0.25) is 4.79 Å². The van der Waals surface area contributed by atoms with E-state index in [4.69, 9.17) is 5.11 Å². The monoisotopic (exact) mass is 298 g/mol. The molecule has 1 unspecified atom stereocenters. The van der Waals surface area contributed by atoms with Crippen molar-refractivity contribution >= 4 is 21.7 Å². The van der Waals surface area contributed by atoms with Gasteiger partial charge in [0.25, 0.3) is 5.91 Å². The molecule has 1 atom stereocenters. The van der Waals surface area contributed by atoms with Gasteiger partial charge in [0.2, 0.25) is 0 Å². The summed E-state index contributed by atoms with van der Waals surface area (Å²) in [4.78, 5) is 26.3. The molecule has 108 valence electrons. The maximum Gasteiger partial charge on any atom is 0.354 e. The number of carbonyl (C=O) groups excluding carboxylic acids is 1. The van der Waals surface area contributed by atoms with Gasteiger partial charge in [-0.05, 0) is 24.5 Å². The van der Waals surface area contributed by atoms with Gasteiger partial charge < -0.3 is 10.4 Å². The van der Waals surface area contributed by atoms with Crippen LogP contribution in [0, 0.1) is 5.92 Å². The first-order valence-corrected chi connectivity index (χ1v) is 7.88. The summed E-state index contributed by atoms with van der Waals surface area (Å²) in [5.41, 5.74) is -0.202. The Balaban J connectivity index is 1.95. The SMILES string of the molecule is O=C(O)c1cccc(C(=O)NCC2CCS(=O)(=O)C2)n1. The van der Waals surface area contributed by atoms with Gasteiger partial charge in [0.15, 0.2) is 9.84 Å². The number of aromatic nitrogens is 1. The Kier molecular flexibility index (Phi) is 4.03. The summed E-state index contributed by atoms with van der Waals surface area (Å²) in [5, 5.41) is 11.4. The number of nitrogens with zero attached hydrogens (tertiary/aromatic N) is 1. The molecule has 1 aromatic rings. The lowest BCUT2D eigenvalue weighted by Gasteiger charge is -2.09. The largest absolute Gasteiger partial charge is 0.477 e. The van der Waals surface area contributed by atoms with E-state index >= 15 is 0 Å². The van der Waals surface area contributed by atoms with Gasteiger partial charge >= 0.3 is 5.97 Å². The minimum Gasteiger partial charge on any atom is -0.477 e. The van der Waals surface area contributed by atoms with E-state index in [2.05, 4.69) is 10.3 Å². The number of hydrogen-bond acceptors (Lipinski definition) is 5. The summed E-state index contributed by atoms with van der Waals surface area (Å²) in [6.45, 7) is 0.247. The number of rotatable bonds is 4. The average molecular weight is 298 g/mol. The van der Waals surface area contributed by atoms with E-state index in [0.717, 1.165) is 0 Å². The summed E-state index contributed by atoms with van der Waals surface area (Å²) in [6, 6.07) is 4.14. The molecule has 1 aliphatic heterocycles. The number of pyridine rings is 1. The first-order chi connectivity index (χ1) is 9.37. The van der Waals surface area contributed by atoms with Crippen LogP contribution in [0.15, 0.2) is 18.2 Å². The van der Waals surface area contributed by atoms with Gasteiger partial charge in [-0.1, -0.05) is 6.07 Å². The van der Waals surface area contributed by atoms with Crippen LogP contribution in [0.2, 0.25) is 0 Å². The van der Waals surface area contributed by atoms with Gasteiger partial charge in [-0.25, -0.2) is 18.2 Å². The number of carboxylic acid groups (broad SMARTS) is 1. The van der Waals surface area contributed by atoms with Gasteiger partial charge in [-0.15, -0.1) is 0 Å². The lowest BCUT2D eigenvalue weighted by molar-refractivity contribution is 0.0690. The minimum atomic E-state index is -2.97. The molecule has 0 radical (unpaired) electrons. The van der Waals surface area contributed by atoms with Gasteiger partial charge in [0.05, 0.1) is 11.5 Å². The molecular formula is C12H14N2O5S. The lowest BCUT2D eigenvalue weighted by atomic mass is 10.1. The quantitative estimate of drug-likeness (QED) is 0.805. The molecule has 0 aliphatic carbocycles. The highest BCUT2D eigenvalue weighted by atomic mass is 32.2. The molecule has 0 spiro atoms. The third-order valence-electron chi connectivity index (χ3n) is 3.08. The molecule has 0 bridgehead atoms. The van der Waals surface area contributed by atoms with Crippen molar-refractivity contribution in [2.75, 3.05) is 18.1 Å². The van der Waals surface area contributed by atoms with Crippen LogP contribution in [-0.2, 0) is 9.84 Å². The third kappa shape index (κ3) is 3.53. The zero-order chi connectivity index (χ0) is 14.8. The number of nitrogens with one attached hydrogen (secondary N) is 1. The third-order valence-corrected chi connectivity index (χ3v) is 4.92. The fourth-order valence-electron chi connectivity index (χ4n) is 2.04. The molecular weight excluding hydrogens is 284 g/mol. The smallest absolute Gasteiger partial charge is 0.354 e. The summed E-state index contributed by atoms with van der Waals surface area (Å²) < 4.78 is 22.6. The predicted molar refractivity (Wildman–Crippen MR) is 70.3 cm³/mol. The molecule has 2 rings (SSSR count). The van der Waals surface area contributed by atoms with Crippen molar-refractivity contribution < 1.29 is 23.1 Å². The van der Waals surface area contributed by atoms with Crippen molar-refractivity contribution in [1.82, 2.24) is 10.3 Å². The Morgan fingerprint density at radius 1 is 1.35 bits per heavy atom. The highest BCUT2D eigenvalue weighted by Crippen LogP contribution is 2.17. The van der Waals surface area contributed by atoms with Crippen LogP contribution in [0.1, 0.15) is 27.4 Å². The standard InChI is InChI=1S/C12H14N2O5S/c15-11(9-2-1-3-10(14-9)12(16)17)13-6-8-4-5-20(18,19)7-8/h1-3,8H,4-7H2,(H,13,15)(H,16,17). The summed E-state index contributed by atoms with van der Waals surface area (Å²) in [7, 11) is -2.97. The van der Waals surface area contributed by atoms with E-state index in [1.165, 1.54) is 18.2 Å². The maximum atomic E-state index is 11.8. The second kappa shape index (κ2) is 5.58. The second-order valence-corrected chi connectivity index (χ2v) is 6.92. The fourth-order valence-corrected chi connectivity index (χ4v) is 3.90. The van der Waals surface area contributed by atoms with Crippen LogP contribution in [0.4, 0.5) is 0 Å². The minimum absolute atomic E-state index is 0.00533. The Hall–Kier alpha value is -1.96. The molecule has 1 amide bonds. The highest BCUT2D eigenvalue weighted by Gasteiger charge is 2.28. The normalized spacial score (nSPS) is 20.5. The number of amides is 1. The van der Waals surface area contributed by atoms with E-state index < -0.39 is 21.7 Å². The van der Waals surface area contributed by atoms with E-state index in [-0.39, 0.29) is 35.4 Å². The average Bonchev–Trinajstić information content (AvgIpc) is 2.75. The number of carbonyl (C=O) groups is 2. The topological polar surface area (TPSA) is 113 Å². The second-order valence-electron chi connectivity index (χ2n) is 4.69. The van der Waals surface area contributed by atoms with E-state index in [0.29, 0.717) is 6.42 Å². The summed E-state index contributed by atoms with van der Waals surface area (Å²) in [5.74, 6) is -1.57. The van der Waals surface area contributed by atoms with Gasteiger partial charge in [-0.2, -0.15) is 0 Å². The zero-order valence-electron chi connectivity index (χ0n) is 10.6. The van der Waals surface area contributed by atoms with Gasteiger partial charge in [0, 0.05) is 6.54 Å². The molecule has 7 nitrogen and oxygen atoms in total. The molecule has 0 aromatic carbocycles. The first kappa shape index (κ1) is 14.4. The molecule has 2 heterocycles. The maximum absolute atomic E-state index is 11.8. The van der Waals surface area contributed by atoms with Crippen molar-refractivity contribution in [3.8, 4) is 0 Å². The van der Waals surface area contributed by atoms with Crippen molar-refractivity contribution in [3.05, 3.63) is 29.6 Å². The van der Waals surface area contributed by atoms with Crippen molar-refractivity contribution in [3.63, 3.8) is 0 Å². The van der Waals surface area contributed by atoms with Gasteiger partial charge in [0.1, 0.15) is 11.4 Å². The van der Waals surface area contributed by atoms with E-state index in [9.17, 15) is 18.0 Å². The molecule has 20 heavy (non-hydrogen) atoms. The number of sulfone groups is 1. The van der Waals surface area contributed by atoms with Crippen LogP contribution >= 0.6 is 0 Å². The fraction of sp³-hybridized carbons (Fsp3) is 0.417. The summed E-state index contributed by atoms with van der Waals surface area (Å²) in [6.07, 6.45) is 0.533. The molecule has 8 heteroatoms. The molecule has 0 saturated carbocycles. The Morgan fingerprint density at radius 2 is 2.05 bits per heavy atom. The predicted octanol–water partition coefficient (Wildman–Crippen LogP) is -0.0557. The van der Waals surface area contributed by atoms with Crippen LogP contribution in [0.25, 0.3) is 0 Å². The van der Waals surface area contributed by atoms with Crippen molar-refractivity contribution in [1.29, 1.82) is 0 Å². The number of hydrogen-bond donors (Lipinski definition) is 2. The molecule has 1 aromatic heterocycles. The van der Waals surface area contributed by atoms with Crippen LogP contribution < -0.4 is 5.32 Å². The Bertz CT molecular complexity index is 641. The van der Waals surface area contributed by atoms with Crippen molar-refractivity contribution in [2.45, 2.75) is 6.42 Å². The van der Waals surface area contributed by atoms with Crippen LogP contribution in [-0.4, -0.2) is 48.4 Å². The number of carboxylic acids is 1. The molecule has 1 saturated heterocycles. The molecule has 1 aliphatic rings. The summed E-state index contributed by atoms with van der Waals surface area (Å²) >= 11 is 0. The van der Waals surface area contributed by atoms with Crippen LogP contribution in [0.5, 0.6) is 0 Å². The Labute approximate surface area is 115 Å². The first-order valence-electron chi connectivity index (χ1n) is 6.06. The lowest BCUT2D eigenvalue weighted by Crippen LogP contribution is -2.30. The molecule has 1 fully saturated rings. The van der Waals surface area contributed by atoms with Crippen LogP contribution in [0.3, 0.4) is 0 Å². The van der Waals surface area contributed by atoms with Crippen molar-refractivity contribution in [2.24, 2.45) is 5.92 Å². The molecule has 2 N–H and O–H groups in total. The zero-order valence-corrected chi connectivity index (χ0v) is 11.4. The van der Waals surface area contributed by atoms with E-state index in [1.54, 1.807) is 0 Å². The number of aromatic carboxylic acids is 1.